The number of aromatic nitrogens is 2. The van der Waals surface area contributed by atoms with Gasteiger partial charge >= 0.3 is 0 Å². The van der Waals surface area contributed by atoms with Gasteiger partial charge in [0, 0.05) is 19.0 Å². The minimum atomic E-state index is -0.730. The van der Waals surface area contributed by atoms with Crippen LogP contribution in [0.15, 0.2) is 35.9 Å². The van der Waals surface area contributed by atoms with Gasteiger partial charge in [-0.25, -0.2) is 18.7 Å². The largest absolute Gasteiger partial charge is 0.308 e. The molecule has 28 heavy (non-hydrogen) atoms. The number of amides is 1. The molecule has 0 spiro atoms. The maximum Gasteiger partial charge on any atom is 0.293 e. The van der Waals surface area contributed by atoms with Crippen molar-refractivity contribution in [2.75, 3.05) is 11.6 Å². The summed E-state index contributed by atoms with van der Waals surface area (Å²) in [5.74, 6) is -1.82. The number of carbonyl (C=O) groups is 1. The Kier molecular flexibility index (Phi) is 4.82. The van der Waals surface area contributed by atoms with Crippen LogP contribution in [0.2, 0.25) is 10.0 Å². The van der Waals surface area contributed by atoms with Crippen LogP contribution in [0.25, 0.3) is 0 Å². The first-order valence-corrected chi connectivity index (χ1v) is 9.10. The number of anilines is 1. The number of carbonyl (C=O) groups excluding carboxylic acids is 1. The Bertz CT molecular complexity index is 984. The van der Waals surface area contributed by atoms with Crippen molar-refractivity contribution in [3.05, 3.63) is 63.2 Å². The molecular weight excluding hydrogens is 413 g/mol. The highest BCUT2D eigenvalue weighted by atomic mass is 35.5. The van der Waals surface area contributed by atoms with E-state index in [9.17, 15) is 13.6 Å². The SMILES string of the molecule is CC1CC2=C(CN1)NN(C(=O)c1ccc(F)c(Cl)c1Cl)N2c1ncc(F)cn1. The normalized spacial score (nSPS) is 19.0. The Morgan fingerprint density at radius 3 is 2.64 bits per heavy atom. The molecule has 0 saturated heterocycles. The topological polar surface area (TPSA) is 73.4 Å². The van der Waals surface area contributed by atoms with Gasteiger partial charge in [0.25, 0.3) is 11.9 Å². The van der Waals surface area contributed by atoms with Crippen molar-refractivity contribution in [1.29, 1.82) is 0 Å². The predicted octanol–water partition coefficient (Wildman–Crippen LogP) is 3.04. The molecular formula is C17H14Cl2F2N6O. The van der Waals surface area contributed by atoms with Gasteiger partial charge in [0.05, 0.1) is 39.4 Å². The van der Waals surface area contributed by atoms with E-state index in [0.29, 0.717) is 13.0 Å². The van der Waals surface area contributed by atoms with Crippen LogP contribution in [0.1, 0.15) is 23.7 Å². The number of hydrazine groups is 2. The molecule has 0 saturated carbocycles. The van der Waals surface area contributed by atoms with Crippen molar-refractivity contribution < 1.29 is 13.6 Å². The van der Waals surface area contributed by atoms with Gasteiger partial charge in [-0.3, -0.25) is 10.2 Å². The molecule has 0 radical (unpaired) electrons. The van der Waals surface area contributed by atoms with Crippen LogP contribution < -0.4 is 15.8 Å². The van der Waals surface area contributed by atoms with E-state index in [1.165, 1.54) is 11.1 Å². The quantitative estimate of drug-likeness (QED) is 0.719. The average Bonchev–Trinajstić information content (AvgIpc) is 3.05. The summed E-state index contributed by atoms with van der Waals surface area (Å²) >= 11 is 11.9. The molecule has 1 amide bonds. The van der Waals surface area contributed by atoms with E-state index >= 15 is 0 Å². The third-order valence-electron chi connectivity index (χ3n) is 4.43. The summed E-state index contributed by atoms with van der Waals surface area (Å²) in [7, 11) is 0. The van der Waals surface area contributed by atoms with Crippen LogP contribution in [-0.4, -0.2) is 33.6 Å². The van der Waals surface area contributed by atoms with E-state index < -0.39 is 17.5 Å². The van der Waals surface area contributed by atoms with Crippen LogP contribution in [0.5, 0.6) is 0 Å². The Hall–Kier alpha value is -2.49. The van der Waals surface area contributed by atoms with Gasteiger partial charge in [0.1, 0.15) is 5.82 Å². The first-order chi connectivity index (χ1) is 13.4. The van der Waals surface area contributed by atoms with Gasteiger partial charge in [-0.05, 0) is 19.1 Å². The molecule has 4 rings (SSSR count). The van der Waals surface area contributed by atoms with Gasteiger partial charge in [-0.1, -0.05) is 23.2 Å². The van der Waals surface area contributed by atoms with Crippen molar-refractivity contribution in [3.63, 3.8) is 0 Å². The molecule has 2 aromatic rings. The number of halogens is 4. The predicted molar refractivity (Wildman–Crippen MR) is 99.3 cm³/mol. The summed E-state index contributed by atoms with van der Waals surface area (Å²) in [4.78, 5) is 21.2. The lowest BCUT2D eigenvalue weighted by molar-refractivity contribution is 0.0701. The summed E-state index contributed by atoms with van der Waals surface area (Å²) in [6, 6.07) is 2.45. The molecule has 1 unspecified atom stereocenters. The van der Waals surface area contributed by atoms with E-state index in [1.54, 1.807) is 0 Å². The van der Waals surface area contributed by atoms with Crippen molar-refractivity contribution in [3.8, 4) is 0 Å². The van der Waals surface area contributed by atoms with E-state index in [0.717, 1.165) is 35.0 Å². The maximum absolute atomic E-state index is 13.6. The lowest BCUT2D eigenvalue weighted by atomic mass is 10.1. The molecule has 7 nitrogen and oxygen atoms in total. The summed E-state index contributed by atoms with van der Waals surface area (Å²) in [6.07, 6.45) is 2.59. The number of hydrogen-bond acceptors (Lipinski definition) is 6. The van der Waals surface area contributed by atoms with Crippen LogP contribution in [0.4, 0.5) is 14.7 Å². The van der Waals surface area contributed by atoms with Crippen molar-refractivity contribution in [1.82, 2.24) is 25.8 Å². The maximum atomic E-state index is 13.6. The number of nitrogens with one attached hydrogen (secondary N) is 2. The third-order valence-corrected chi connectivity index (χ3v) is 5.28. The summed E-state index contributed by atoms with van der Waals surface area (Å²) in [5.41, 5.74) is 4.49. The Morgan fingerprint density at radius 1 is 1.21 bits per heavy atom. The lowest BCUT2D eigenvalue weighted by Gasteiger charge is -2.30. The lowest BCUT2D eigenvalue weighted by Crippen LogP contribution is -2.48. The molecule has 11 heteroatoms. The molecule has 1 atom stereocenters. The van der Waals surface area contributed by atoms with Crippen molar-refractivity contribution in [2.45, 2.75) is 19.4 Å². The van der Waals surface area contributed by atoms with Gasteiger partial charge in [-0.15, -0.1) is 5.12 Å². The van der Waals surface area contributed by atoms with Gasteiger partial charge < -0.3 is 5.32 Å². The smallest absolute Gasteiger partial charge is 0.293 e. The standard InChI is InChI=1S/C17H14Cl2F2N6O/c1-8-4-13-12(7-22-8)25-27(26(13)17-23-5-9(20)6-24-17)16(28)10-2-3-11(21)15(19)14(10)18/h2-3,5-6,8,22,25H,4,7H2,1H3. The average molecular weight is 427 g/mol. The minimum absolute atomic E-state index is 0.00599. The summed E-state index contributed by atoms with van der Waals surface area (Å²) in [5, 5.41) is 5.35. The first kappa shape index (κ1) is 18.9. The zero-order chi connectivity index (χ0) is 20.0. The van der Waals surface area contributed by atoms with Crippen LogP contribution >= 0.6 is 23.2 Å². The minimum Gasteiger partial charge on any atom is -0.308 e. The van der Waals surface area contributed by atoms with Crippen LogP contribution in [0, 0.1) is 11.6 Å². The molecule has 0 bridgehead atoms. The fourth-order valence-corrected chi connectivity index (χ4v) is 3.45. The second-order valence-electron chi connectivity index (χ2n) is 6.38. The molecule has 2 aliphatic heterocycles. The molecule has 2 aliphatic rings. The first-order valence-electron chi connectivity index (χ1n) is 8.34. The van der Waals surface area contributed by atoms with E-state index in [1.807, 2.05) is 6.92 Å². The molecule has 1 aromatic heterocycles. The number of benzene rings is 1. The number of rotatable bonds is 2. The Morgan fingerprint density at radius 2 is 1.93 bits per heavy atom. The molecule has 0 aliphatic carbocycles. The van der Waals surface area contributed by atoms with Gasteiger partial charge in [0.15, 0.2) is 5.82 Å². The third kappa shape index (κ3) is 3.15. The molecule has 1 aromatic carbocycles. The van der Waals surface area contributed by atoms with E-state index in [2.05, 4.69) is 20.7 Å². The fraction of sp³-hybridized carbons (Fsp3) is 0.235. The van der Waals surface area contributed by atoms with Gasteiger partial charge in [-0.2, -0.15) is 5.01 Å². The van der Waals surface area contributed by atoms with E-state index in [4.69, 9.17) is 23.2 Å². The molecule has 2 N–H and O–H groups in total. The van der Waals surface area contributed by atoms with Gasteiger partial charge in [0.2, 0.25) is 0 Å². The number of hydrogen-bond donors (Lipinski definition) is 2. The fourth-order valence-electron chi connectivity index (χ4n) is 3.05. The van der Waals surface area contributed by atoms with E-state index in [-0.39, 0.29) is 27.6 Å². The highest BCUT2D eigenvalue weighted by Crippen LogP contribution is 2.34. The number of nitrogens with zero attached hydrogens (tertiary/aromatic N) is 4. The highest BCUT2D eigenvalue weighted by Gasteiger charge is 2.39. The zero-order valence-corrected chi connectivity index (χ0v) is 16.0. The Labute approximate surface area is 168 Å². The van der Waals surface area contributed by atoms with Crippen LogP contribution in [0.3, 0.4) is 0 Å². The van der Waals surface area contributed by atoms with Crippen LogP contribution in [-0.2, 0) is 0 Å². The second kappa shape index (κ2) is 7.16. The summed E-state index contributed by atoms with van der Waals surface area (Å²) in [6.45, 7) is 2.48. The summed E-state index contributed by atoms with van der Waals surface area (Å²) < 4.78 is 26.9. The Balaban J connectivity index is 1.76. The molecule has 0 fully saturated rings. The molecule has 146 valence electrons. The second-order valence-corrected chi connectivity index (χ2v) is 7.13. The highest BCUT2D eigenvalue weighted by molar-refractivity contribution is 6.44. The monoisotopic (exact) mass is 426 g/mol. The molecule has 3 heterocycles. The van der Waals surface area contributed by atoms with Crippen molar-refractivity contribution in [2.24, 2.45) is 0 Å². The van der Waals surface area contributed by atoms with Crippen molar-refractivity contribution >= 4 is 35.1 Å². The zero-order valence-electron chi connectivity index (χ0n) is 14.5.